The van der Waals surface area contributed by atoms with Gasteiger partial charge in [0.2, 0.25) is 0 Å². The minimum absolute atomic E-state index is 1.23. The van der Waals surface area contributed by atoms with Gasteiger partial charge in [0.1, 0.15) is 0 Å². The van der Waals surface area contributed by atoms with E-state index in [9.17, 15) is 0 Å². The summed E-state index contributed by atoms with van der Waals surface area (Å²) in [6, 6.07) is 69.6. The van der Waals surface area contributed by atoms with E-state index in [0.29, 0.717) is 0 Å². The largest absolute Gasteiger partial charge is 0.135 e. The van der Waals surface area contributed by atoms with Gasteiger partial charge in [-0.1, -0.05) is 169 Å². The van der Waals surface area contributed by atoms with Gasteiger partial charge < -0.3 is 0 Å². The van der Waals surface area contributed by atoms with Crippen molar-refractivity contribution in [1.29, 1.82) is 0 Å². The lowest BCUT2D eigenvalue weighted by atomic mass is 9.79. The van der Waals surface area contributed by atoms with Gasteiger partial charge >= 0.3 is 0 Å². The molecule has 0 saturated carbocycles. The minimum Gasteiger partial charge on any atom is -0.135 e. The third-order valence-electron chi connectivity index (χ3n) is 15.5. The fraction of sp³-hybridized carbons (Fsp3) is 0.0882. The van der Waals surface area contributed by atoms with Crippen molar-refractivity contribution < 1.29 is 0 Å². The predicted octanol–water partition coefficient (Wildman–Crippen LogP) is 20.0. The van der Waals surface area contributed by atoms with Crippen LogP contribution in [0.5, 0.6) is 0 Å². The molecule has 0 saturated heterocycles. The molecule has 0 atom stereocenters. The van der Waals surface area contributed by atoms with E-state index in [0.717, 1.165) is 0 Å². The highest BCUT2D eigenvalue weighted by Gasteiger charge is 2.33. The van der Waals surface area contributed by atoms with Crippen LogP contribution in [-0.2, 0) is 0 Å². The topological polar surface area (TPSA) is 0 Å². The van der Waals surface area contributed by atoms with Gasteiger partial charge in [-0.3, -0.25) is 0 Å². The molecule has 12 aromatic carbocycles. The number of aryl methyl sites for hydroxylation is 6. The molecule has 0 fully saturated rings. The fourth-order valence-corrected chi connectivity index (χ4v) is 14.2. The average Bonchev–Trinajstić information content (AvgIpc) is 3.90. The molecule has 0 aliphatic heterocycles. The summed E-state index contributed by atoms with van der Waals surface area (Å²) < 4.78 is 2.64. The molecular weight excluding hydrogens is 849 g/mol. The predicted molar refractivity (Wildman–Crippen MR) is 301 cm³/mol. The lowest BCUT2D eigenvalue weighted by molar-refractivity contribution is 1.32. The fourth-order valence-electron chi connectivity index (χ4n) is 13.0. The molecule has 0 bridgehead atoms. The van der Waals surface area contributed by atoms with Crippen LogP contribution >= 0.6 is 11.3 Å². The molecule has 13 aromatic rings. The molecule has 1 aliphatic rings. The van der Waals surface area contributed by atoms with Gasteiger partial charge in [-0.2, -0.15) is 0 Å². The maximum Gasteiger partial charge on any atom is 0.0434 e. The van der Waals surface area contributed by atoms with Crippen molar-refractivity contribution in [2.45, 2.75) is 41.5 Å². The Morgan fingerprint density at radius 3 is 1.29 bits per heavy atom. The van der Waals surface area contributed by atoms with Crippen LogP contribution in [-0.4, -0.2) is 0 Å². The second kappa shape index (κ2) is 14.8. The van der Waals surface area contributed by atoms with Gasteiger partial charge in [0, 0.05) is 25.7 Å². The molecule has 0 radical (unpaired) electrons. The zero-order valence-electron chi connectivity index (χ0n) is 39.7. The van der Waals surface area contributed by atoms with Crippen LogP contribution in [0.25, 0.3) is 141 Å². The number of rotatable bonds is 4. The standard InChI is InChI=1S/C68H48S/c1-37-30-39(3)61(40(4)31-37)64-53-21-11-12-22-54(53)65(62-41(5)32-38(2)33-42(62)6)67-56-29-28-50(52-23-15-24-55(63(52)56)66(64)67)58-35-44(36-59-51-20-13-14-25-60(51)69-68(58)59)43-26-27-49-47-18-8-7-16-45(47)46-17-9-10-19-48(46)57(49)34-43/h7-36H,1-6H3. The van der Waals surface area contributed by atoms with Crippen molar-refractivity contribution in [1.82, 2.24) is 0 Å². The maximum absolute atomic E-state index is 2.50. The van der Waals surface area contributed by atoms with E-state index in [1.165, 1.54) is 174 Å². The zero-order chi connectivity index (χ0) is 46.4. The van der Waals surface area contributed by atoms with E-state index in [4.69, 9.17) is 0 Å². The number of benzene rings is 12. The second-order valence-corrected chi connectivity index (χ2v) is 20.9. The molecule has 1 heteroatoms. The van der Waals surface area contributed by atoms with Crippen LogP contribution in [0.2, 0.25) is 0 Å². The summed E-state index contributed by atoms with van der Waals surface area (Å²) in [5.41, 5.74) is 23.6. The Bertz CT molecular complexity index is 4230. The monoisotopic (exact) mass is 896 g/mol. The SMILES string of the molecule is Cc1cc(C)c(-c2c3c(c(-c4c(C)cc(C)cc4C)c4ccccc24)-c2ccc(-c4cc(-c5ccc6c7ccccc7c7ccccc7c6c5)cc5c4sc4ccccc45)c4cccc-3c24)c(C)c1. The number of fused-ring (bicyclic) bond motifs is 13. The Morgan fingerprint density at radius 1 is 0.261 bits per heavy atom. The first-order valence-corrected chi connectivity index (χ1v) is 25.1. The van der Waals surface area contributed by atoms with E-state index in [1.54, 1.807) is 0 Å². The summed E-state index contributed by atoms with van der Waals surface area (Å²) in [5, 5.41) is 15.6. The normalized spacial score (nSPS) is 12.2. The number of hydrogen-bond donors (Lipinski definition) is 0. The summed E-state index contributed by atoms with van der Waals surface area (Å²) >= 11 is 1.92. The Hall–Kier alpha value is -7.84. The Kier molecular flexibility index (Phi) is 8.65. The Labute approximate surface area is 406 Å². The molecule has 14 rings (SSSR count). The highest BCUT2D eigenvalue weighted by atomic mass is 32.1. The summed E-state index contributed by atoms with van der Waals surface area (Å²) in [6.07, 6.45) is 0. The first-order valence-electron chi connectivity index (χ1n) is 24.3. The lowest BCUT2D eigenvalue weighted by Gasteiger charge is -2.24. The molecular formula is C68H48S. The van der Waals surface area contributed by atoms with E-state index in [1.807, 2.05) is 11.3 Å². The minimum atomic E-state index is 1.23. The van der Waals surface area contributed by atoms with Crippen molar-refractivity contribution in [3.63, 3.8) is 0 Å². The van der Waals surface area contributed by atoms with Crippen LogP contribution < -0.4 is 0 Å². The van der Waals surface area contributed by atoms with Crippen molar-refractivity contribution in [2.75, 3.05) is 0 Å². The molecule has 1 aromatic heterocycles. The molecule has 0 amide bonds. The molecule has 0 unspecified atom stereocenters. The highest BCUT2D eigenvalue weighted by molar-refractivity contribution is 7.26. The van der Waals surface area contributed by atoms with Crippen molar-refractivity contribution in [3.05, 3.63) is 215 Å². The van der Waals surface area contributed by atoms with Crippen LogP contribution in [0.1, 0.15) is 33.4 Å². The van der Waals surface area contributed by atoms with Crippen LogP contribution in [0.3, 0.4) is 0 Å². The average molecular weight is 897 g/mol. The van der Waals surface area contributed by atoms with Gasteiger partial charge in [-0.15, -0.1) is 11.3 Å². The highest BCUT2D eigenvalue weighted by Crippen LogP contribution is 2.60. The quantitative estimate of drug-likeness (QED) is 0.154. The van der Waals surface area contributed by atoms with E-state index < -0.39 is 0 Å². The summed E-state index contributed by atoms with van der Waals surface area (Å²) in [7, 11) is 0. The summed E-state index contributed by atoms with van der Waals surface area (Å²) in [4.78, 5) is 0. The molecule has 0 nitrogen and oxygen atoms in total. The molecule has 0 spiro atoms. The first kappa shape index (κ1) is 40.2. The van der Waals surface area contributed by atoms with Gasteiger partial charge in [0.05, 0.1) is 0 Å². The lowest BCUT2D eigenvalue weighted by Crippen LogP contribution is -1.99. The van der Waals surface area contributed by atoms with Gasteiger partial charge in [0.25, 0.3) is 0 Å². The van der Waals surface area contributed by atoms with Crippen molar-refractivity contribution in [3.8, 4) is 66.8 Å². The number of thiophene rings is 1. The molecule has 0 N–H and O–H groups in total. The molecule has 69 heavy (non-hydrogen) atoms. The zero-order valence-corrected chi connectivity index (χ0v) is 40.5. The van der Waals surface area contributed by atoms with E-state index in [-0.39, 0.29) is 0 Å². The summed E-state index contributed by atoms with van der Waals surface area (Å²) in [6.45, 7) is 13.7. The molecule has 1 heterocycles. The van der Waals surface area contributed by atoms with Crippen LogP contribution in [0.4, 0.5) is 0 Å². The second-order valence-electron chi connectivity index (χ2n) is 19.8. The first-order chi connectivity index (χ1) is 33.7. The van der Waals surface area contributed by atoms with E-state index in [2.05, 4.69) is 224 Å². The van der Waals surface area contributed by atoms with Crippen LogP contribution in [0.15, 0.2) is 182 Å². The van der Waals surface area contributed by atoms with Gasteiger partial charge in [0.15, 0.2) is 0 Å². The smallest absolute Gasteiger partial charge is 0.0434 e. The van der Waals surface area contributed by atoms with Crippen molar-refractivity contribution in [2.24, 2.45) is 0 Å². The van der Waals surface area contributed by atoms with Gasteiger partial charge in [-0.25, -0.2) is 0 Å². The van der Waals surface area contributed by atoms with E-state index >= 15 is 0 Å². The van der Waals surface area contributed by atoms with Crippen LogP contribution in [0, 0.1) is 41.5 Å². The summed E-state index contributed by atoms with van der Waals surface area (Å²) in [5.74, 6) is 0. The Morgan fingerprint density at radius 2 is 0.710 bits per heavy atom. The molecule has 1 aliphatic carbocycles. The Balaban J connectivity index is 1.08. The third kappa shape index (κ3) is 5.75. The number of hydrogen-bond acceptors (Lipinski definition) is 1. The molecule has 326 valence electrons. The van der Waals surface area contributed by atoms with Gasteiger partial charge in [-0.05, 0) is 203 Å². The third-order valence-corrected chi connectivity index (χ3v) is 16.7. The maximum atomic E-state index is 2.50. The van der Waals surface area contributed by atoms with Crippen molar-refractivity contribution >= 4 is 85.4 Å².